The Morgan fingerprint density at radius 1 is 1.44 bits per heavy atom. The lowest BCUT2D eigenvalue weighted by Gasteiger charge is -2.16. The maximum Gasteiger partial charge on any atom is 0.417 e. The molecule has 18 heavy (non-hydrogen) atoms. The third kappa shape index (κ3) is 2.69. The summed E-state index contributed by atoms with van der Waals surface area (Å²) in [6, 6.07) is 0. The standard InChI is InChI=1S/C9H5ClF5NO2/c1-18-8(17)3-2-16-6(10)4(7(11)12)5(3)9(13,14)15/h2,7H,1H3. The molecule has 3 nitrogen and oxygen atoms in total. The van der Waals surface area contributed by atoms with E-state index in [0.29, 0.717) is 6.20 Å². The van der Waals surface area contributed by atoms with Crippen molar-refractivity contribution >= 4 is 17.6 Å². The van der Waals surface area contributed by atoms with Crippen molar-refractivity contribution in [3.63, 3.8) is 0 Å². The number of ether oxygens (including phenoxy) is 1. The molecule has 0 bridgehead atoms. The Balaban J connectivity index is 3.65. The number of halogens is 6. The van der Waals surface area contributed by atoms with Gasteiger partial charge in [0.15, 0.2) is 0 Å². The van der Waals surface area contributed by atoms with Crippen LogP contribution in [0.15, 0.2) is 6.20 Å². The molecule has 1 rings (SSSR count). The van der Waals surface area contributed by atoms with Crippen molar-refractivity contribution in [2.75, 3.05) is 7.11 Å². The van der Waals surface area contributed by atoms with Gasteiger partial charge in [-0.15, -0.1) is 0 Å². The molecule has 1 aromatic rings. The quantitative estimate of drug-likeness (QED) is 0.475. The minimum absolute atomic E-state index is 0.447. The van der Waals surface area contributed by atoms with Gasteiger partial charge in [-0.2, -0.15) is 13.2 Å². The van der Waals surface area contributed by atoms with Crippen LogP contribution in [0.4, 0.5) is 22.0 Å². The molecule has 9 heteroatoms. The Hall–Kier alpha value is -1.44. The summed E-state index contributed by atoms with van der Waals surface area (Å²) in [6.07, 6.45) is -8.25. The first-order valence-electron chi connectivity index (χ1n) is 4.32. The first-order valence-corrected chi connectivity index (χ1v) is 4.70. The number of alkyl halides is 5. The van der Waals surface area contributed by atoms with Crippen LogP contribution in [0.1, 0.15) is 27.9 Å². The molecule has 100 valence electrons. The number of rotatable bonds is 2. The highest BCUT2D eigenvalue weighted by Crippen LogP contribution is 2.41. The van der Waals surface area contributed by atoms with E-state index < -0.39 is 40.4 Å². The Bertz CT molecular complexity index is 475. The molecule has 0 saturated heterocycles. The second kappa shape index (κ2) is 5.05. The summed E-state index contributed by atoms with van der Waals surface area (Å²) < 4.78 is 67.4. The lowest BCUT2D eigenvalue weighted by atomic mass is 10.0. The number of hydrogen-bond acceptors (Lipinski definition) is 3. The molecule has 0 amide bonds. The molecule has 0 aliphatic rings. The number of aromatic nitrogens is 1. The Kier molecular flexibility index (Phi) is 4.10. The highest BCUT2D eigenvalue weighted by molar-refractivity contribution is 6.30. The maximum absolute atomic E-state index is 12.7. The fourth-order valence-corrected chi connectivity index (χ4v) is 1.50. The fraction of sp³-hybridized carbons (Fsp3) is 0.333. The average Bonchev–Trinajstić information content (AvgIpc) is 2.25. The summed E-state index contributed by atoms with van der Waals surface area (Å²) in [6.45, 7) is 0. The first kappa shape index (κ1) is 14.6. The average molecular weight is 290 g/mol. The zero-order valence-electron chi connectivity index (χ0n) is 8.69. The predicted molar refractivity (Wildman–Crippen MR) is 50.5 cm³/mol. The van der Waals surface area contributed by atoms with E-state index in [4.69, 9.17) is 11.6 Å². The smallest absolute Gasteiger partial charge is 0.417 e. The van der Waals surface area contributed by atoms with E-state index >= 15 is 0 Å². The van der Waals surface area contributed by atoms with Gasteiger partial charge in [0.05, 0.1) is 23.8 Å². The Labute approximate surface area is 103 Å². The minimum atomic E-state index is -5.18. The number of carbonyl (C=O) groups is 1. The Morgan fingerprint density at radius 3 is 2.39 bits per heavy atom. The lowest BCUT2D eigenvalue weighted by Crippen LogP contribution is -2.18. The van der Waals surface area contributed by atoms with Gasteiger partial charge in [0.25, 0.3) is 6.43 Å². The number of pyridine rings is 1. The minimum Gasteiger partial charge on any atom is -0.465 e. The number of nitrogens with zero attached hydrogens (tertiary/aromatic N) is 1. The fourth-order valence-electron chi connectivity index (χ4n) is 1.27. The predicted octanol–water partition coefficient (Wildman–Crippen LogP) is 3.48. The molecular weight excluding hydrogens is 285 g/mol. The molecule has 0 atom stereocenters. The lowest BCUT2D eigenvalue weighted by molar-refractivity contribution is -0.140. The van der Waals surface area contributed by atoms with E-state index in [2.05, 4.69) is 9.72 Å². The maximum atomic E-state index is 12.7. The van der Waals surface area contributed by atoms with Gasteiger partial charge in [-0.25, -0.2) is 18.6 Å². The zero-order chi connectivity index (χ0) is 14.1. The van der Waals surface area contributed by atoms with Gasteiger partial charge in [-0.3, -0.25) is 0 Å². The SMILES string of the molecule is COC(=O)c1cnc(Cl)c(C(F)F)c1C(F)(F)F. The monoisotopic (exact) mass is 289 g/mol. The van der Waals surface area contributed by atoms with Crippen molar-refractivity contribution < 1.29 is 31.5 Å². The summed E-state index contributed by atoms with van der Waals surface area (Å²) in [5.41, 5.74) is -4.47. The number of carbonyl (C=O) groups excluding carboxylic acids is 1. The van der Waals surface area contributed by atoms with Gasteiger partial charge in [0.1, 0.15) is 5.15 Å². The molecule has 0 aliphatic carbocycles. The van der Waals surface area contributed by atoms with Crippen molar-refractivity contribution in [2.45, 2.75) is 12.6 Å². The van der Waals surface area contributed by atoms with E-state index in [0.717, 1.165) is 7.11 Å². The van der Waals surface area contributed by atoms with Crippen LogP contribution < -0.4 is 0 Å². The molecule has 0 N–H and O–H groups in total. The summed E-state index contributed by atoms with van der Waals surface area (Å²) in [7, 11) is 0.819. The van der Waals surface area contributed by atoms with Crippen LogP contribution in [0.3, 0.4) is 0 Å². The van der Waals surface area contributed by atoms with E-state index in [1.165, 1.54) is 0 Å². The molecule has 0 saturated carbocycles. The highest BCUT2D eigenvalue weighted by Gasteiger charge is 2.42. The third-order valence-electron chi connectivity index (χ3n) is 1.97. The summed E-state index contributed by atoms with van der Waals surface area (Å²) >= 11 is 5.21. The van der Waals surface area contributed by atoms with Crippen molar-refractivity contribution in [2.24, 2.45) is 0 Å². The molecule has 0 spiro atoms. The van der Waals surface area contributed by atoms with Crippen LogP contribution in [0.25, 0.3) is 0 Å². The van der Waals surface area contributed by atoms with Crippen LogP contribution in [-0.4, -0.2) is 18.1 Å². The van der Waals surface area contributed by atoms with Crippen LogP contribution >= 0.6 is 11.6 Å². The van der Waals surface area contributed by atoms with Gasteiger partial charge in [0.2, 0.25) is 0 Å². The zero-order valence-corrected chi connectivity index (χ0v) is 9.44. The second-order valence-electron chi connectivity index (χ2n) is 3.04. The van der Waals surface area contributed by atoms with Gasteiger partial charge in [0, 0.05) is 6.20 Å². The number of hydrogen-bond donors (Lipinski definition) is 0. The number of esters is 1. The van der Waals surface area contributed by atoms with Crippen molar-refractivity contribution in [3.05, 3.63) is 28.0 Å². The van der Waals surface area contributed by atoms with Crippen molar-refractivity contribution in [3.8, 4) is 0 Å². The molecule has 0 radical (unpaired) electrons. The molecule has 1 aromatic heterocycles. The van der Waals surface area contributed by atoms with Gasteiger partial charge in [-0.1, -0.05) is 11.6 Å². The normalized spacial score (nSPS) is 11.8. The van der Waals surface area contributed by atoms with E-state index in [1.807, 2.05) is 0 Å². The first-order chi connectivity index (χ1) is 8.20. The molecule has 0 unspecified atom stereocenters. The molecule has 0 fully saturated rings. The summed E-state index contributed by atoms with van der Waals surface area (Å²) in [5, 5.41) is -1.01. The molecule has 0 aromatic carbocycles. The topological polar surface area (TPSA) is 39.2 Å². The van der Waals surface area contributed by atoms with E-state index in [9.17, 15) is 26.7 Å². The van der Waals surface area contributed by atoms with Crippen molar-refractivity contribution in [1.29, 1.82) is 0 Å². The third-order valence-corrected chi connectivity index (χ3v) is 2.28. The van der Waals surface area contributed by atoms with Crippen LogP contribution in [0.5, 0.6) is 0 Å². The number of methoxy groups -OCH3 is 1. The van der Waals surface area contributed by atoms with E-state index in [1.54, 1.807) is 0 Å². The Morgan fingerprint density at radius 2 is 2.00 bits per heavy atom. The largest absolute Gasteiger partial charge is 0.465 e. The molecule has 1 heterocycles. The van der Waals surface area contributed by atoms with Crippen LogP contribution in [-0.2, 0) is 10.9 Å². The summed E-state index contributed by atoms with van der Waals surface area (Å²) in [4.78, 5) is 14.2. The van der Waals surface area contributed by atoms with Gasteiger partial charge in [-0.05, 0) is 0 Å². The highest BCUT2D eigenvalue weighted by atomic mass is 35.5. The van der Waals surface area contributed by atoms with E-state index in [-0.39, 0.29) is 0 Å². The molecule has 0 aliphatic heterocycles. The van der Waals surface area contributed by atoms with Crippen LogP contribution in [0.2, 0.25) is 5.15 Å². The van der Waals surface area contributed by atoms with Crippen molar-refractivity contribution in [1.82, 2.24) is 4.98 Å². The van der Waals surface area contributed by atoms with Gasteiger partial charge < -0.3 is 4.74 Å². The second-order valence-corrected chi connectivity index (χ2v) is 3.40. The van der Waals surface area contributed by atoms with Gasteiger partial charge >= 0.3 is 12.1 Å². The molecular formula is C9H5ClF5NO2. The summed E-state index contributed by atoms with van der Waals surface area (Å²) in [5.74, 6) is -1.42. The van der Waals surface area contributed by atoms with Crippen LogP contribution in [0, 0.1) is 0 Å².